The molecule has 0 aliphatic carbocycles. The average molecular weight is 343 g/mol. The highest BCUT2D eigenvalue weighted by Gasteiger charge is 2.18. The summed E-state index contributed by atoms with van der Waals surface area (Å²) in [4.78, 5) is 11.9. The van der Waals surface area contributed by atoms with E-state index >= 15 is 0 Å². The molecule has 0 bridgehead atoms. The second-order valence-corrected chi connectivity index (χ2v) is 6.27. The van der Waals surface area contributed by atoms with Crippen molar-refractivity contribution in [2.24, 2.45) is 0 Å². The van der Waals surface area contributed by atoms with Gasteiger partial charge in [-0.25, -0.2) is 4.39 Å². The maximum atomic E-state index is 13.2. The Morgan fingerprint density at radius 2 is 2.40 bits per heavy atom. The van der Waals surface area contributed by atoms with Gasteiger partial charge in [-0.1, -0.05) is 6.07 Å². The first kappa shape index (κ1) is 15.4. The molecule has 1 saturated heterocycles. The molecule has 2 unspecified atom stereocenters. The van der Waals surface area contributed by atoms with Gasteiger partial charge in [0.1, 0.15) is 5.82 Å². The summed E-state index contributed by atoms with van der Waals surface area (Å²) in [6, 6.07) is 5.32. The molecular weight excluding hydrogens is 323 g/mol. The van der Waals surface area contributed by atoms with Crippen LogP contribution in [0.4, 0.5) is 4.39 Å². The summed E-state index contributed by atoms with van der Waals surface area (Å²) >= 11 is 3.17. The molecule has 2 N–H and O–H groups in total. The zero-order chi connectivity index (χ0) is 14.5. The van der Waals surface area contributed by atoms with Crippen molar-refractivity contribution < 1.29 is 9.18 Å². The maximum Gasteiger partial charge on any atom is 0.221 e. The van der Waals surface area contributed by atoms with Crippen molar-refractivity contribution in [2.45, 2.75) is 44.7 Å². The molecule has 1 aliphatic heterocycles. The Kier molecular flexibility index (Phi) is 5.54. The van der Waals surface area contributed by atoms with Crippen LogP contribution >= 0.6 is 15.9 Å². The predicted octanol–water partition coefficient (Wildman–Crippen LogP) is 2.78. The largest absolute Gasteiger partial charge is 0.353 e. The third-order valence-corrected chi connectivity index (χ3v) is 4.14. The number of carbonyl (C=O) groups excluding carboxylic acids is 1. The molecule has 1 aromatic rings. The smallest absolute Gasteiger partial charge is 0.221 e. The molecule has 2 rings (SSSR count). The van der Waals surface area contributed by atoms with Crippen molar-refractivity contribution in [1.29, 1.82) is 0 Å². The number of rotatable bonds is 5. The third kappa shape index (κ3) is 4.56. The molecule has 2 atom stereocenters. The fraction of sp³-hybridized carbons (Fsp3) is 0.533. The first-order valence-corrected chi connectivity index (χ1v) is 7.80. The van der Waals surface area contributed by atoms with Gasteiger partial charge in [-0.3, -0.25) is 4.79 Å². The van der Waals surface area contributed by atoms with E-state index in [0.717, 1.165) is 24.9 Å². The van der Waals surface area contributed by atoms with Crippen LogP contribution < -0.4 is 10.6 Å². The standard InChI is InChI=1S/C15H20BrFN2O/c1-10(7-11-4-5-14(17)13(16)8-11)19-15(20)9-12-3-2-6-18-12/h4-5,8,10,12,18H,2-3,6-7,9H2,1H3,(H,19,20). The molecule has 110 valence electrons. The fourth-order valence-corrected chi connectivity index (χ4v) is 2.99. The summed E-state index contributed by atoms with van der Waals surface area (Å²) in [5.41, 5.74) is 1.00. The van der Waals surface area contributed by atoms with Crippen LogP contribution in [-0.4, -0.2) is 24.5 Å². The normalized spacial score (nSPS) is 19.9. The van der Waals surface area contributed by atoms with Gasteiger partial charge in [0, 0.05) is 18.5 Å². The number of hydrogen-bond acceptors (Lipinski definition) is 2. The molecule has 1 aliphatic rings. The quantitative estimate of drug-likeness (QED) is 0.863. The Morgan fingerprint density at radius 1 is 1.60 bits per heavy atom. The minimum atomic E-state index is -0.266. The van der Waals surface area contributed by atoms with Gasteiger partial charge >= 0.3 is 0 Å². The first-order valence-electron chi connectivity index (χ1n) is 7.01. The first-order chi connectivity index (χ1) is 9.54. The van der Waals surface area contributed by atoms with Crippen LogP contribution in [0.5, 0.6) is 0 Å². The summed E-state index contributed by atoms with van der Waals surface area (Å²) in [5.74, 6) is -0.184. The molecular formula is C15H20BrFN2O. The Labute approximate surface area is 127 Å². The monoisotopic (exact) mass is 342 g/mol. The summed E-state index contributed by atoms with van der Waals surface area (Å²) in [6.45, 7) is 2.98. The van der Waals surface area contributed by atoms with E-state index in [-0.39, 0.29) is 17.8 Å². The van der Waals surface area contributed by atoms with Crippen molar-refractivity contribution in [2.75, 3.05) is 6.54 Å². The lowest BCUT2D eigenvalue weighted by Crippen LogP contribution is -2.37. The van der Waals surface area contributed by atoms with Crippen LogP contribution in [0.25, 0.3) is 0 Å². The molecule has 3 nitrogen and oxygen atoms in total. The predicted molar refractivity (Wildman–Crippen MR) is 81.1 cm³/mol. The Bertz CT molecular complexity index is 475. The van der Waals surface area contributed by atoms with Crippen molar-refractivity contribution >= 4 is 21.8 Å². The van der Waals surface area contributed by atoms with Crippen molar-refractivity contribution in [1.82, 2.24) is 10.6 Å². The van der Waals surface area contributed by atoms with E-state index in [1.807, 2.05) is 6.92 Å². The van der Waals surface area contributed by atoms with Crippen LogP contribution in [0.2, 0.25) is 0 Å². The fourth-order valence-electron chi connectivity index (χ4n) is 2.56. The van der Waals surface area contributed by atoms with Gasteiger partial charge in [-0.2, -0.15) is 0 Å². The van der Waals surface area contributed by atoms with Gasteiger partial charge in [0.15, 0.2) is 0 Å². The van der Waals surface area contributed by atoms with Crippen molar-refractivity contribution in [3.8, 4) is 0 Å². The molecule has 0 aromatic heterocycles. The van der Waals surface area contributed by atoms with Crippen LogP contribution in [0.1, 0.15) is 31.7 Å². The van der Waals surface area contributed by atoms with E-state index in [0.29, 0.717) is 23.4 Å². The van der Waals surface area contributed by atoms with E-state index in [4.69, 9.17) is 0 Å². The third-order valence-electron chi connectivity index (χ3n) is 3.53. The van der Waals surface area contributed by atoms with Crippen LogP contribution in [0, 0.1) is 5.82 Å². The van der Waals surface area contributed by atoms with Gasteiger partial charge in [-0.15, -0.1) is 0 Å². The minimum absolute atomic E-state index is 0.0428. The molecule has 1 heterocycles. The summed E-state index contributed by atoms with van der Waals surface area (Å²) in [7, 11) is 0. The SMILES string of the molecule is CC(Cc1ccc(F)c(Br)c1)NC(=O)CC1CCCN1. The molecule has 5 heteroatoms. The summed E-state index contributed by atoms with van der Waals surface area (Å²) in [5, 5.41) is 6.32. The molecule has 0 saturated carbocycles. The van der Waals surface area contributed by atoms with E-state index in [2.05, 4.69) is 26.6 Å². The van der Waals surface area contributed by atoms with E-state index in [1.165, 1.54) is 6.07 Å². The maximum absolute atomic E-state index is 13.2. The van der Waals surface area contributed by atoms with Gasteiger partial charge in [-0.05, 0) is 66.4 Å². The number of amides is 1. The number of benzene rings is 1. The van der Waals surface area contributed by atoms with Gasteiger partial charge in [0.25, 0.3) is 0 Å². The lowest BCUT2D eigenvalue weighted by molar-refractivity contribution is -0.122. The highest BCUT2D eigenvalue weighted by atomic mass is 79.9. The van der Waals surface area contributed by atoms with Gasteiger partial charge < -0.3 is 10.6 Å². The van der Waals surface area contributed by atoms with Gasteiger partial charge in [0.05, 0.1) is 4.47 Å². The van der Waals surface area contributed by atoms with Crippen molar-refractivity contribution in [3.05, 3.63) is 34.1 Å². The minimum Gasteiger partial charge on any atom is -0.353 e. The van der Waals surface area contributed by atoms with Gasteiger partial charge in [0.2, 0.25) is 5.91 Å². The van der Waals surface area contributed by atoms with Crippen molar-refractivity contribution in [3.63, 3.8) is 0 Å². The molecule has 20 heavy (non-hydrogen) atoms. The molecule has 1 amide bonds. The zero-order valence-electron chi connectivity index (χ0n) is 11.6. The number of hydrogen-bond donors (Lipinski definition) is 2. The summed E-state index contributed by atoms with van der Waals surface area (Å²) < 4.78 is 13.6. The lowest BCUT2D eigenvalue weighted by atomic mass is 10.1. The molecule has 0 radical (unpaired) electrons. The zero-order valence-corrected chi connectivity index (χ0v) is 13.2. The Balaban J connectivity index is 1.80. The van der Waals surface area contributed by atoms with E-state index in [9.17, 15) is 9.18 Å². The lowest BCUT2D eigenvalue weighted by Gasteiger charge is -2.16. The molecule has 0 spiro atoms. The van der Waals surface area contributed by atoms with Crippen LogP contribution in [0.15, 0.2) is 22.7 Å². The highest BCUT2D eigenvalue weighted by molar-refractivity contribution is 9.10. The second kappa shape index (κ2) is 7.18. The van der Waals surface area contributed by atoms with E-state index in [1.54, 1.807) is 12.1 Å². The molecule has 1 aromatic carbocycles. The second-order valence-electron chi connectivity index (χ2n) is 5.42. The topological polar surface area (TPSA) is 41.1 Å². The molecule has 1 fully saturated rings. The number of nitrogens with one attached hydrogen (secondary N) is 2. The van der Waals surface area contributed by atoms with E-state index < -0.39 is 0 Å². The Hall–Kier alpha value is -0.940. The summed E-state index contributed by atoms with van der Waals surface area (Å²) in [6.07, 6.45) is 3.46. The Morgan fingerprint density at radius 3 is 3.05 bits per heavy atom. The van der Waals surface area contributed by atoms with Crippen LogP contribution in [0.3, 0.4) is 0 Å². The number of halogens is 2. The number of carbonyl (C=O) groups is 1. The average Bonchev–Trinajstić information content (AvgIpc) is 2.86. The van der Waals surface area contributed by atoms with Crippen LogP contribution in [-0.2, 0) is 11.2 Å². The highest BCUT2D eigenvalue weighted by Crippen LogP contribution is 2.18.